The minimum absolute atomic E-state index is 0.399. The van der Waals surface area contributed by atoms with Crippen LogP contribution in [0.3, 0.4) is 0 Å². The van der Waals surface area contributed by atoms with Gasteiger partial charge in [0.05, 0.1) is 11.8 Å². The molecule has 3 nitrogen and oxygen atoms in total. The number of amides is 1. The molecule has 0 aromatic heterocycles. The highest BCUT2D eigenvalue weighted by Crippen LogP contribution is 2.25. The molecule has 0 aliphatic carbocycles. The first-order chi connectivity index (χ1) is 7.36. The molecule has 5 heteroatoms. The molecule has 1 aromatic rings. The van der Waals surface area contributed by atoms with E-state index in [0.717, 1.165) is 0 Å². The van der Waals surface area contributed by atoms with Gasteiger partial charge in [0, 0.05) is 4.47 Å². The lowest BCUT2D eigenvalue weighted by atomic mass is 9.94. The molecule has 0 saturated carbocycles. The third-order valence-electron chi connectivity index (χ3n) is 2.03. The van der Waals surface area contributed by atoms with Crippen LogP contribution in [0.25, 0.3) is 0 Å². The van der Waals surface area contributed by atoms with E-state index in [1.807, 2.05) is 6.07 Å². The molecular weight excluding hydrogens is 275 g/mol. The number of rotatable bonds is 2. The Hall–Kier alpha value is -1.41. The first kappa shape index (κ1) is 12.7. The number of carbonyl (C=O) groups is 1. The highest BCUT2D eigenvalue weighted by atomic mass is 79.9. The third kappa shape index (κ3) is 2.80. The number of hydrogen-bond acceptors (Lipinski definition) is 2. The van der Waals surface area contributed by atoms with Gasteiger partial charge in [-0.15, -0.1) is 0 Å². The molecule has 16 heavy (non-hydrogen) atoms. The van der Waals surface area contributed by atoms with Crippen molar-refractivity contribution in [3.8, 4) is 6.07 Å². The molecule has 0 aliphatic heterocycles. The summed E-state index contributed by atoms with van der Waals surface area (Å²) in [5.41, 5.74) is -0.678. The van der Waals surface area contributed by atoms with Gasteiger partial charge in [0.25, 0.3) is 0 Å². The summed E-state index contributed by atoms with van der Waals surface area (Å²) in [6.45, 7) is 3.03. The average molecular weight is 285 g/mol. The van der Waals surface area contributed by atoms with Crippen LogP contribution in [0.2, 0.25) is 0 Å². The smallest absolute Gasteiger partial charge is 0.244 e. The number of carbonyl (C=O) groups excluding carboxylic acids is 1. The van der Waals surface area contributed by atoms with Gasteiger partial charge in [-0.2, -0.15) is 5.26 Å². The third-order valence-corrected chi connectivity index (χ3v) is 2.68. The van der Waals surface area contributed by atoms with Gasteiger partial charge in [-0.25, -0.2) is 4.39 Å². The van der Waals surface area contributed by atoms with Crippen LogP contribution in [-0.2, 0) is 4.79 Å². The number of benzene rings is 1. The molecule has 0 radical (unpaired) electrons. The summed E-state index contributed by atoms with van der Waals surface area (Å²) < 4.78 is 13.2. The van der Waals surface area contributed by atoms with Gasteiger partial charge in [-0.1, -0.05) is 0 Å². The molecular formula is C11H10BrFN2O. The second-order valence-corrected chi connectivity index (χ2v) is 4.67. The van der Waals surface area contributed by atoms with E-state index < -0.39 is 17.1 Å². The molecule has 0 heterocycles. The lowest BCUT2D eigenvalue weighted by Crippen LogP contribution is -2.29. The van der Waals surface area contributed by atoms with E-state index >= 15 is 0 Å². The molecule has 0 bridgehead atoms. The minimum atomic E-state index is -1.12. The van der Waals surface area contributed by atoms with Crippen LogP contribution < -0.4 is 5.32 Å². The Morgan fingerprint density at radius 1 is 1.56 bits per heavy atom. The van der Waals surface area contributed by atoms with Crippen LogP contribution in [0.1, 0.15) is 13.8 Å². The molecule has 0 atom stereocenters. The van der Waals surface area contributed by atoms with E-state index in [1.54, 1.807) is 0 Å². The zero-order valence-electron chi connectivity index (χ0n) is 8.84. The molecule has 0 spiro atoms. The lowest BCUT2D eigenvalue weighted by Gasteiger charge is -2.15. The molecule has 1 amide bonds. The molecule has 0 saturated heterocycles. The molecule has 1 rings (SSSR count). The summed E-state index contributed by atoms with van der Waals surface area (Å²) in [7, 11) is 0. The Balaban J connectivity index is 2.91. The SMILES string of the molecule is CC(C)(C#N)C(=O)Nc1ccc(F)cc1Br. The van der Waals surface area contributed by atoms with Crippen molar-refractivity contribution >= 4 is 27.5 Å². The second kappa shape index (κ2) is 4.62. The number of nitrogens with zero attached hydrogens (tertiary/aromatic N) is 1. The summed E-state index contributed by atoms with van der Waals surface area (Å²) >= 11 is 3.13. The van der Waals surface area contributed by atoms with Crippen LogP contribution >= 0.6 is 15.9 Å². The van der Waals surface area contributed by atoms with E-state index in [1.165, 1.54) is 32.0 Å². The van der Waals surface area contributed by atoms with E-state index in [-0.39, 0.29) is 0 Å². The first-order valence-electron chi connectivity index (χ1n) is 4.54. The van der Waals surface area contributed by atoms with Crippen LogP contribution in [0.5, 0.6) is 0 Å². The zero-order valence-corrected chi connectivity index (χ0v) is 10.4. The molecule has 1 aromatic carbocycles. The average Bonchev–Trinajstić information content (AvgIpc) is 2.22. The molecule has 0 unspecified atom stereocenters. The maximum Gasteiger partial charge on any atom is 0.244 e. The summed E-state index contributed by atoms with van der Waals surface area (Å²) in [5.74, 6) is -0.827. The summed E-state index contributed by atoms with van der Waals surface area (Å²) in [6, 6.07) is 5.81. The maximum absolute atomic E-state index is 12.8. The number of nitriles is 1. The van der Waals surface area contributed by atoms with Gasteiger partial charge >= 0.3 is 0 Å². The number of anilines is 1. The zero-order chi connectivity index (χ0) is 12.3. The molecule has 84 valence electrons. The molecule has 0 aliphatic rings. The number of hydrogen-bond donors (Lipinski definition) is 1. The van der Waals surface area contributed by atoms with Crippen molar-refractivity contribution in [2.75, 3.05) is 5.32 Å². The summed E-state index contributed by atoms with van der Waals surface area (Å²) in [6.07, 6.45) is 0. The van der Waals surface area contributed by atoms with Gasteiger partial charge in [0.15, 0.2) is 0 Å². The van der Waals surface area contributed by atoms with Crippen LogP contribution in [0.4, 0.5) is 10.1 Å². The quantitative estimate of drug-likeness (QED) is 0.907. The highest BCUT2D eigenvalue weighted by molar-refractivity contribution is 9.10. The standard InChI is InChI=1S/C11H10BrFN2O/c1-11(2,6-14)10(16)15-9-4-3-7(13)5-8(9)12/h3-5H,1-2H3,(H,15,16). The maximum atomic E-state index is 12.8. The Bertz CT molecular complexity index is 466. The van der Waals surface area contributed by atoms with Gasteiger partial charge in [0.2, 0.25) is 5.91 Å². The lowest BCUT2D eigenvalue weighted by molar-refractivity contribution is -0.121. The van der Waals surface area contributed by atoms with Gasteiger partial charge < -0.3 is 5.32 Å². The largest absolute Gasteiger partial charge is 0.324 e. The van der Waals surface area contributed by atoms with Crippen molar-refractivity contribution < 1.29 is 9.18 Å². The minimum Gasteiger partial charge on any atom is -0.324 e. The van der Waals surface area contributed by atoms with Crippen molar-refractivity contribution in [2.24, 2.45) is 5.41 Å². The van der Waals surface area contributed by atoms with Gasteiger partial charge in [-0.3, -0.25) is 4.79 Å². The second-order valence-electron chi connectivity index (χ2n) is 3.82. The molecule has 0 fully saturated rings. The Labute approximate surface area is 101 Å². The summed E-state index contributed by atoms with van der Waals surface area (Å²) in [5, 5.41) is 11.3. The van der Waals surface area contributed by atoms with Crippen molar-refractivity contribution in [3.63, 3.8) is 0 Å². The topological polar surface area (TPSA) is 52.9 Å². The van der Waals surface area contributed by atoms with Gasteiger partial charge in [-0.05, 0) is 48.0 Å². The predicted octanol–water partition coefficient (Wildman–Crippen LogP) is 3.08. The highest BCUT2D eigenvalue weighted by Gasteiger charge is 2.27. The van der Waals surface area contributed by atoms with Crippen LogP contribution in [0.15, 0.2) is 22.7 Å². The fourth-order valence-corrected chi connectivity index (χ4v) is 1.37. The Morgan fingerprint density at radius 2 is 2.19 bits per heavy atom. The Kier molecular flexibility index (Phi) is 3.66. The van der Waals surface area contributed by atoms with E-state index in [4.69, 9.17) is 5.26 Å². The Morgan fingerprint density at radius 3 is 2.69 bits per heavy atom. The fourth-order valence-electron chi connectivity index (χ4n) is 0.920. The van der Waals surface area contributed by atoms with Crippen molar-refractivity contribution in [2.45, 2.75) is 13.8 Å². The summed E-state index contributed by atoms with van der Waals surface area (Å²) in [4.78, 5) is 11.7. The van der Waals surface area contributed by atoms with Gasteiger partial charge in [0.1, 0.15) is 11.2 Å². The molecule has 1 N–H and O–H groups in total. The van der Waals surface area contributed by atoms with Crippen molar-refractivity contribution in [1.29, 1.82) is 5.26 Å². The normalized spacial score (nSPS) is 10.7. The number of halogens is 2. The number of nitrogens with one attached hydrogen (secondary N) is 1. The van der Waals surface area contributed by atoms with Crippen molar-refractivity contribution in [1.82, 2.24) is 0 Å². The predicted molar refractivity (Wildman–Crippen MR) is 62.1 cm³/mol. The monoisotopic (exact) mass is 284 g/mol. The van der Waals surface area contributed by atoms with E-state index in [0.29, 0.717) is 10.2 Å². The fraction of sp³-hybridized carbons (Fsp3) is 0.273. The van der Waals surface area contributed by atoms with Crippen LogP contribution in [-0.4, -0.2) is 5.91 Å². The van der Waals surface area contributed by atoms with E-state index in [9.17, 15) is 9.18 Å². The van der Waals surface area contributed by atoms with Crippen LogP contribution in [0, 0.1) is 22.6 Å². The van der Waals surface area contributed by atoms with Crippen molar-refractivity contribution in [3.05, 3.63) is 28.5 Å². The van der Waals surface area contributed by atoms with E-state index in [2.05, 4.69) is 21.2 Å². The first-order valence-corrected chi connectivity index (χ1v) is 5.34.